The number of anilines is 1. The van der Waals surface area contributed by atoms with Crippen molar-refractivity contribution in [2.24, 2.45) is 0 Å². The number of nitrogen functional groups attached to an aromatic ring is 1. The zero-order chi connectivity index (χ0) is 15.0. The molecule has 0 unspecified atom stereocenters. The van der Waals surface area contributed by atoms with E-state index in [0.717, 1.165) is 11.3 Å². The summed E-state index contributed by atoms with van der Waals surface area (Å²) < 4.78 is 13.1. The highest BCUT2D eigenvalue weighted by Gasteiger charge is 2.15. The van der Waals surface area contributed by atoms with Crippen LogP contribution in [0.25, 0.3) is 16.9 Å². The predicted molar refractivity (Wildman–Crippen MR) is 83.6 cm³/mol. The number of imidazole rings is 1. The van der Waals surface area contributed by atoms with E-state index in [9.17, 15) is 0 Å². The highest BCUT2D eigenvalue weighted by atomic mass is 79.9. The smallest absolute Gasteiger partial charge is 0.180 e. The van der Waals surface area contributed by atoms with Gasteiger partial charge >= 0.3 is 0 Å². The fourth-order valence-electron chi connectivity index (χ4n) is 2.22. The number of hydrogen-bond donors (Lipinski definition) is 1. The molecule has 0 saturated heterocycles. The second-order valence-corrected chi connectivity index (χ2v) is 5.08. The van der Waals surface area contributed by atoms with Crippen LogP contribution in [-0.2, 0) is 0 Å². The molecule has 2 aromatic heterocycles. The number of aromatic nitrogens is 3. The number of fused-ring (bicyclic) bond motifs is 1. The fraction of sp³-hybridized carbons (Fsp3) is 0.143. The van der Waals surface area contributed by atoms with Crippen molar-refractivity contribution < 1.29 is 9.47 Å². The Labute approximate surface area is 129 Å². The van der Waals surface area contributed by atoms with Gasteiger partial charge in [-0.05, 0) is 34.1 Å². The average molecular weight is 349 g/mol. The largest absolute Gasteiger partial charge is 0.493 e. The van der Waals surface area contributed by atoms with E-state index in [1.165, 1.54) is 0 Å². The van der Waals surface area contributed by atoms with Crippen LogP contribution in [0, 0.1) is 0 Å². The second kappa shape index (κ2) is 5.25. The molecule has 2 heterocycles. The highest BCUT2D eigenvalue weighted by Crippen LogP contribution is 2.35. The lowest BCUT2D eigenvalue weighted by molar-refractivity contribution is 0.355. The van der Waals surface area contributed by atoms with Crippen molar-refractivity contribution in [3.8, 4) is 22.8 Å². The third-order valence-corrected chi connectivity index (χ3v) is 3.73. The molecule has 0 aliphatic carbocycles. The Bertz CT molecular complexity index is 816. The SMILES string of the molecule is COc1ccc(-c2c(Br)nc(N)c3nccn23)cc1OC. The lowest BCUT2D eigenvalue weighted by Crippen LogP contribution is -2.01. The third-order valence-electron chi connectivity index (χ3n) is 3.18. The van der Waals surface area contributed by atoms with Gasteiger partial charge in [-0.1, -0.05) is 0 Å². The van der Waals surface area contributed by atoms with Gasteiger partial charge in [-0.2, -0.15) is 0 Å². The first-order chi connectivity index (χ1) is 10.2. The Morgan fingerprint density at radius 1 is 1.19 bits per heavy atom. The highest BCUT2D eigenvalue weighted by molar-refractivity contribution is 9.10. The van der Waals surface area contributed by atoms with Crippen molar-refractivity contribution in [1.29, 1.82) is 0 Å². The van der Waals surface area contributed by atoms with Crippen LogP contribution in [0.15, 0.2) is 35.2 Å². The van der Waals surface area contributed by atoms with E-state index in [0.29, 0.717) is 27.6 Å². The van der Waals surface area contributed by atoms with E-state index in [1.807, 2.05) is 28.8 Å². The van der Waals surface area contributed by atoms with Crippen molar-refractivity contribution in [3.63, 3.8) is 0 Å². The van der Waals surface area contributed by atoms with E-state index in [-0.39, 0.29) is 0 Å². The maximum absolute atomic E-state index is 5.88. The number of rotatable bonds is 3. The third kappa shape index (κ3) is 2.19. The first kappa shape index (κ1) is 13.7. The summed E-state index contributed by atoms with van der Waals surface area (Å²) in [5, 5.41) is 0. The summed E-state index contributed by atoms with van der Waals surface area (Å²) in [7, 11) is 3.21. The molecule has 3 rings (SSSR count). The normalized spacial score (nSPS) is 10.8. The van der Waals surface area contributed by atoms with Gasteiger partial charge in [0.05, 0.1) is 19.9 Å². The van der Waals surface area contributed by atoms with Crippen molar-refractivity contribution in [2.75, 3.05) is 20.0 Å². The molecule has 0 aliphatic rings. The van der Waals surface area contributed by atoms with E-state index >= 15 is 0 Å². The molecule has 0 atom stereocenters. The summed E-state index contributed by atoms with van der Waals surface area (Å²) >= 11 is 3.46. The molecule has 3 aromatic rings. The van der Waals surface area contributed by atoms with Gasteiger partial charge < -0.3 is 15.2 Å². The fourth-order valence-corrected chi connectivity index (χ4v) is 2.83. The maximum Gasteiger partial charge on any atom is 0.180 e. The standard InChI is InChI=1S/C14H13BrN4O2/c1-20-9-4-3-8(7-10(9)21-2)11-12(15)18-13(16)14-17-5-6-19(11)14/h3-7H,1-2H3,(H2,16,18). The topological polar surface area (TPSA) is 74.7 Å². The molecule has 7 heteroatoms. The van der Waals surface area contributed by atoms with Gasteiger partial charge in [-0.15, -0.1) is 0 Å². The molecule has 21 heavy (non-hydrogen) atoms. The maximum atomic E-state index is 5.88. The second-order valence-electron chi connectivity index (χ2n) is 4.33. The van der Waals surface area contributed by atoms with Crippen LogP contribution in [0.4, 0.5) is 5.82 Å². The van der Waals surface area contributed by atoms with Crippen LogP contribution in [0.1, 0.15) is 0 Å². The zero-order valence-electron chi connectivity index (χ0n) is 11.5. The molecule has 0 amide bonds. The van der Waals surface area contributed by atoms with Crippen LogP contribution in [-0.4, -0.2) is 28.6 Å². The predicted octanol–water partition coefficient (Wildman–Crippen LogP) is 2.76. The summed E-state index contributed by atoms with van der Waals surface area (Å²) in [6.45, 7) is 0. The summed E-state index contributed by atoms with van der Waals surface area (Å²) in [5.41, 5.74) is 8.25. The van der Waals surface area contributed by atoms with Crippen LogP contribution >= 0.6 is 15.9 Å². The monoisotopic (exact) mass is 348 g/mol. The Kier molecular flexibility index (Phi) is 3.42. The zero-order valence-corrected chi connectivity index (χ0v) is 13.1. The molecule has 0 saturated carbocycles. The van der Waals surface area contributed by atoms with Crippen LogP contribution in [0.3, 0.4) is 0 Å². The summed E-state index contributed by atoms with van der Waals surface area (Å²) in [4.78, 5) is 8.51. The van der Waals surface area contributed by atoms with Crippen molar-refractivity contribution in [1.82, 2.24) is 14.4 Å². The first-order valence-electron chi connectivity index (χ1n) is 6.16. The molecule has 0 aliphatic heterocycles. The number of methoxy groups -OCH3 is 2. The van der Waals surface area contributed by atoms with Crippen molar-refractivity contribution >= 4 is 27.4 Å². The molecule has 0 fully saturated rings. The Balaban J connectivity index is 2.28. The van der Waals surface area contributed by atoms with E-state index in [2.05, 4.69) is 25.9 Å². The van der Waals surface area contributed by atoms with Crippen LogP contribution in [0.5, 0.6) is 11.5 Å². The summed E-state index contributed by atoms with van der Waals surface area (Å²) in [6.07, 6.45) is 3.52. The lowest BCUT2D eigenvalue weighted by Gasteiger charge is -2.12. The first-order valence-corrected chi connectivity index (χ1v) is 6.95. The van der Waals surface area contributed by atoms with E-state index < -0.39 is 0 Å². The van der Waals surface area contributed by atoms with Crippen molar-refractivity contribution in [3.05, 3.63) is 35.2 Å². The summed E-state index contributed by atoms with van der Waals surface area (Å²) in [6, 6.07) is 5.66. The number of nitrogens with two attached hydrogens (primary N) is 1. The van der Waals surface area contributed by atoms with E-state index in [4.69, 9.17) is 15.2 Å². The van der Waals surface area contributed by atoms with Gasteiger partial charge in [0.15, 0.2) is 23.0 Å². The van der Waals surface area contributed by atoms with Gasteiger partial charge in [0.25, 0.3) is 0 Å². The molecule has 2 N–H and O–H groups in total. The number of benzene rings is 1. The number of hydrogen-bond acceptors (Lipinski definition) is 5. The molecule has 0 bridgehead atoms. The van der Waals surface area contributed by atoms with Gasteiger partial charge in [-0.3, -0.25) is 4.40 Å². The molecule has 0 spiro atoms. The minimum atomic E-state index is 0.371. The minimum Gasteiger partial charge on any atom is -0.493 e. The summed E-state index contributed by atoms with van der Waals surface area (Å²) in [5.74, 6) is 1.69. The molecular weight excluding hydrogens is 336 g/mol. The molecule has 0 radical (unpaired) electrons. The van der Waals surface area contributed by atoms with Gasteiger partial charge in [0.2, 0.25) is 0 Å². The number of ether oxygens (including phenoxy) is 2. The molecule has 1 aromatic carbocycles. The minimum absolute atomic E-state index is 0.371. The number of halogens is 1. The van der Waals surface area contributed by atoms with Crippen LogP contribution < -0.4 is 15.2 Å². The average Bonchev–Trinajstić information content (AvgIpc) is 2.96. The number of nitrogens with zero attached hydrogens (tertiary/aromatic N) is 3. The Hall–Kier alpha value is -2.28. The van der Waals surface area contributed by atoms with Crippen LogP contribution in [0.2, 0.25) is 0 Å². The Morgan fingerprint density at radius 2 is 1.95 bits per heavy atom. The quantitative estimate of drug-likeness (QED) is 0.787. The Morgan fingerprint density at radius 3 is 2.67 bits per heavy atom. The lowest BCUT2D eigenvalue weighted by atomic mass is 10.1. The van der Waals surface area contributed by atoms with Crippen molar-refractivity contribution in [2.45, 2.75) is 0 Å². The molecule has 6 nitrogen and oxygen atoms in total. The van der Waals surface area contributed by atoms with Gasteiger partial charge in [0, 0.05) is 18.0 Å². The van der Waals surface area contributed by atoms with E-state index in [1.54, 1.807) is 20.4 Å². The van der Waals surface area contributed by atoms with Gasteiger partial charge in [0.1, 0.15) is 4.60 Å². The van der Waals surface area contributed by atoms with Gasteiger partial charge in [-0.25, -0.2) is 9.97 Å². The molecule has 108 valence electrons. The molecular formula is C14H13BrN4O2.